The van der Waals surface area contributed by atoms with Crippen molar-refractivity contribution in [2.75, 3.05) is 0 Å². The predicted molar refractivity (Wildman–Crippen MR) is 66.9 cm³/mol. The van der Waals surface area contributed by atoms with Crippen LogP contribution in [-0.2, 0) is 11.2 Å². The minimum Gasteiger partial charge on any atom is -0.303 e. The quantitative estimate of drug-likeness (QED) is 0.778. The lowest BCUT2D eigenvalue weighted by molar-refractivity contribution is -0.107. The molecule has 0 radical (unpaired) electrons. The molecule has 0 unspecified atom stereocenters. The first-order valence-corrected chi connectivity index (χ1v) is 6.19. The van der Waals surface area contributed by atoms with Gasteiger partial charge in [0.1, 0.15) is 11.3 Å². The number of nitrogens with zero attached hydrogens (tertiary/aromatic N) is 1. The second-order valence-corrected chi connectivity index (χ2v) is 4.65. The van der Waals surface area contributed by atoms with E-state index in [0.717, 1.165) is 27.6 Å². The van der Waals surface area contributed by atoms with E-state index >= 15 is 0 Å². The van der Waals surface area contributed by atoms with Crippen LogP contribution in [0, 0.1) is 0 Å². The van der Waals surface area contributed by atoms with Gasteiger partial charge in [0.15, 0.2) is 0 Å². The molecule has 0 spiro atoms. The van der Waals surface area contributed by atoms with Gasteiger partial charge in [-0.25, -0.2) is 4.98 Å². The summed E-state index contributed by atoms with van der Waals surface area (Å²) in [7, 11) is 0. The van der Waals surface area contributed by atoms with Crippen LogP contribution in [0.4, 0.5) is 0 Å². The van der Waals surface area contributed by atoms with Gasteiger partial charge in [-0.2, -0.15) is 0 Å². The summed E-state index contributed by atoms with van der Waals surface area (Å²) >= 11 is 7.41. The van der Waals surface area contributed by atoms with E-state index in [-0.39, 0.29) is 0 Å². The van der Waals surface area contributed by atoms with Gasteiger partial charge < -0.3 is 4.79 Å². The molecule has 4 heteroatoms. The highest BCUT2D eigenvalue weighted by Crippen LogP contribution is 2.25. The van der Waals surface area contributed by atoms with Crippen molar-refractivity contribution in [1.29, 1.82) is 0 Å². The van der Waals surface area contributed by atoms with Crippen LogP contribution in [-0.4, -0.2) is 11.3 Å². The number of aromatic nitrogens is 1. The van der Waals surface area contributed by atoms with Crippen LogP contribution >= 0.6 is 22.9 Å². The highest BCUT2D eigenvalue weighted by Gasteiger charge is 2.04. The molecule has 0 saturated carbocycles. The van der Waals surface area contributed by atoms with Gasteiger partial charge in [0.2, 0.25) is 0 Å². The van der Waals surface area contributed by atoms with E-state index in [1.54, 1.807) is 11.3 Å². The van der Waals surface area contributed by atoms with E-state index < -0.39 is 0 Å². The molecule has 0 amide bonds. The smallest absolute Gasteiger partial charge is 0.123 e. The lowest BCUT2D eigenvalue weighted by Crippen LogP contribution is -1.86. The van der Waals surface area contributed by atoms with E-state index in [1.807, 2.05) is 29.6 Å². The molecule has 0 bridgehead atoms. The van der Waals surface area contributed by atoms with Crippen molar-refractivity contribution >= 4 is 29.2 Å². The molecule has 0 N–H and O–H groups in total. The molecule has 0 aliphatic heterocycles. The van der Waals surface area contributed by atoms with Crippen LogP contribution in [0.1, 0.15) is 12.1 Å². The Morgan fingerprint density at radius 1 is 1.31 bits per heavy atom. The van der Waals surface area contributed by atoms with Gasteiger partial charge in [0.25, 0.3) is 0 Å². The zero-order valence-electron chi connectivity index (χ0n) is 8.52. The molecule has 2 aromatic rings. The maximum absolute atomic E-state index is 10.3. The number of carbonyl (C=O) groups excluding carboxylic acids is 1. The van der Waals surface area contributed by atoms with E-state index in [1.165, 1.54) is 0 Å². The highest BCUT2D eigenvalue weighted by atomic mass is 35.5. The third-order valence-electron chi connectivity index (χ3n) is 2.16. The molecule has 2 nitrogen and oxygen atoms in total. The molecule has 0 fully saturated rings. The Morgan fingerprint density at radius 3 is 2.75 bits per heavy atom. The van der Waals surface area contributed by atoms with E-state index in [9.17, 15) is 4.79 Å². The fourth-order valence-corrected chi connectivity index (χ4v) is 2.34. The van der Waals surface area contributed by atoms with E-state index in [2.05, 4.69) is 4.98 Å². The summed E-state index contributed by atoms with van der Waals surface area (Å²) in [6, 6.07) is 7.60. The summed E-state index contributed by atoms with van der Waals surface area (Å²) in [6.07, 6.45) is 2.17. The normalized spacial score (nSPS) is 10.3. The van der Waals surface area contributed by atoms with Crippen LogP contribution in [0.2, 0.25) is 5.02 Å². The number of thiazole rings is 1. The Labute approximate surface area is 103 Å². The maximum Gasteiger partial charge on any atom is 0.123 e. The number of hydrogen-bond donors (Lipinski definition) is 0. The SMILES string of the molecule is O=CCCc1csc(-c2ccc(Cl)cc2)n1. The van der Waals surface area contributed by atoms with Crippen LogP contribution < -0.4 is 0 Å². The summed E-state index contributed by atoms with van der Waals surface area (Å²) < 4.78 is 0. The molecule has 1 heterocycles. The average Bonchev–Trinajstić information content (AvgIpc) is 2.76. The fourth-order valence-electron chi connectivity index (χ4n) is 1.35. The lowest BCUT2D eigenvalue weighted by atomic mass is 10.2. The molecular weight excluding hydrogens is 242 g/mol. The van der Waals surface area contributed by atoms with Gasteiger partial charge in [-0.15, -0.1) is 11.3 Å². The minimum atomic E-state index is 0.532. The Hall–Kier alpha value is -1.19. The molecule has 0 saturated heterocycles. The molecule has 1 aromatic heterocycles. The largest absolute Gasteiger partial charge is 0.303 e. The summed E-state index contributed by atoms with van der Waals surface area (Å²) in [4.78, 5) is 14.7. The van der Waals surface area contributed by atoms with Gasteiger partial charge in [-0.1, -0.05) is 23.7 Å². The number of rotatable bonds is 4. The first-order chi connectivity index (χ1) is 7.79. The molecule has 2 rings (SSSR count). The standard InChI is InChI=1S/C12H10ClNOS/c13-10-5-3-9(4-6-10)12-14-11(8-16-12)2-1-7-15/h3-8H,1-2H2. The average molecular weight is 252 g/mol. The van der Waals surface area contributed by atoms with Gasteiger partial charge in [0.05, 0.1) is 5.69 Å². The van der Waals surface area contributed by atoms with E-state index in [4.69, 9.17) is 11.6 Å². The summed E-state index contributed by atoms with van der Waals surface area (Å²) in [6.45, 7) is 0. The molecular formula is C12H10ClNOS. The van der Waals surface area contributed by atoms with Gasteiger partial charge in [0, 0.05) is 22.4 Å². The fraction of sp³-hybridized carbons (Fsp3) is 0.167. The maximum atomic E-state index is 10.3. The Morgan fingerprint density at radius 2 is 2.06 bits per heavy atom. The second kappa shape index (κ2) is 5.23. The van der Waals surface area contributed by atoms with E-state index in [0.29, 0.717) is 12.8 Å². The first kappa shape index (κ1) is 11.3. The van der Waals surface area contributed by atoms with Crippen molar-refractivity contribution in [3.8, 4) is 10.6 Å². The number of hydrogen-bond acceptors (Lipinski definition) is 3. The second-order valence-electron chi connectivity index (χ2n) is 3.36. The van der Waals surface area contributed by atoms with Crippen molar-refractivity contribution in [3.05, 3.63) is 40.4 Å². The number of carbonyl (C=O) groups is 1. The molecule has 16 heavy (non-hydrogen) atoms. The molecule has 1 aromatic carbocycles. The van der Waals surface area contributed by atoms with Crippen molar-refractivity contribution in [1.82, 2.24) is 4.98 Å². The zero-order valence-corrected chi connectivity index (χ0v) is 10.1. The zero-order chi connectivity index (χ0) is 11.4. The topological polar surface area (TPSA) is 30.0 Å². The highest BCUT2D eigenvalue weighted by molar-refractivity contribution is 7.13. The molecule has 0 aliphatic carbocycles. The predicted octanol–water partition coefficient (Wildman–Crippen LogP) is 3.60. The molecule has 82 valence electrons. The lowest BCUT2D eigenvalue weighted by Gasteiger charge is -1.95. The van der Waals surface area contributed by atoms with Crippen molar-refractivity contribution in [3.63, 3.8) is 0 Å². The Bertz CT molecular complexity index is 478. The summed E-state index contributed by atoms with van der Waals surface area (Å²) in [5.41, 5.74) is 2.04. The number of halogens is 1. The Balaban J connectivity index is 2.17. The summed E-state index contributed by atoms with van der Waals surface area (Å²) in [5, 5.41) is 3.69. The van der Waals surface area contributed by atoms with Gasteiger partial charge >= 0.3 is 0 Å². The summed E-state index contributed by atoms with van der Waals surface area (Å²) in [5.74, 6) is 0. The third kappa shape index (κ3) is 2.68. The minimum absolute atomic E-state index is 0.532. The first-order valence-electron chi connectivity index (χ1n) is 4.93. The number of benzene rings is 1. The number of aryl methyl sites for hydroxylation is 1. The van der Waals surface area contributed by atoms with Crippen molar-refractivity contribution in [2.45, 2.75) is 12.8 Å². The number of aldehydes is 1. The van der Waals surface area contributed by atoms with Crippen molar-refractivity contribution < 1.29 is 4.79 Å². The van der Waals surface area contributed by atoms with Gasteiger partial charge in [-0.3, -0.25) is 0 Å². The molecule has 0 aliphatic rings. The third-order valence-corrected chi connectivity index (χ3v) is 3.35. The van der Waals surface area contributed by atoms with Crippen molar-refractivity contribution in [2.24, 2.45) is 0 Å². The Kier molecular flexibility index (Phi) is 3.70. The van der Waals surface area contributed by atoms with Crippen LogP contribution in [0.25, 0.3) is 10.6 Å². The van der Waals surface area contributed by atoms with Crippen LogP contribution in [0.3, 0.4) is 0 Å². The molecule has 0 atom stereocenters. The monoisotopic (exact) mass is 251 g/mol. The van der Waals surface area contributed by atoms with Crippen LogP contribution in [0.5, 0.6) is 0 Å². The van der Waals surface area contributed by atoms with Gasteiger partial charge in [-0.05, 0) is 18.6 Å². The van der Waals surface area contributed by atoms with Crippen LogP contribution in [0.15, 0.2) is 29.6 Å².